The highest BCUT2D eigenvalue weighted by atomic mass is 28.3. The molecule has 0 bridgehead atoms. The molecular weight excluding hydrogens is 851 g/mol. The first-order valence-electron chi connectivity index (χ1n) is 23.8. The minimum Gasteiger partial charge on any atom is -0.455 e. The van der Waals surface area contributed by atoms with E-state index in [0.717, 1.165) is 49.9 Å². The molecule has 2 heterocycles. The van der Waals surface area contributed by atoms with Crippen molar-refractivity contribution in [3.63, 3.8) is 0 Å². The van der Waals surface area contributed by atoms with Crippen LogP contribution in [0.3, 0.4) is 0 Å². The summed E-state index contributed by atoms with van der Waals surface area (Å²) < 4.78 is 9.29. The maximum atomic E-state index is 6.87. The molecule has 0 spiro atoms. The fraction of sp³-hybridized carbons (Fsp3) is 0. The molecule has 69 heavy (non-hydrogen) atoms. The number of hydrogen-bond donors (Lipinski definition) is 0. The van der Waals surface area contributed by atoms with Gasteiger partial charge in [-0.05, 0) is 106 Å². The molecule has 12 aromatic carbocycles. The van der Waals surface area contributed by atoms with Crippen molar-refractivity contribution in [1.29, 1.82) is 0 Å². The van der Waals surface area contributed by atoms with Crippen molar-refractivity contribution < 1.29 is 4.42 Å². The molecule has 0 N–H and O–H groups in total. The largest absolute Gasteiger partial charge is 0.455 e. The van der Waals surface area contributed by atoms with Gasteiger partial charge in [-0.25, -0.2) is 0 Å². The number of furan rings is 1. The predicted octanol–water partition coefficient (Wildman–Crippen LogP) is 14.9. The molecule has 0 aliphatic carbocycles. The summed E-state index contributed by atoms with van der Waals surface area (Å²) in [4.78, 5) is 0. The van der Waals surface area contributed by atoms with Crippen LogP contribution in [0.4, 0.5) is 0 Å². The van der Waals surface area contributed by atoms with E-state index >= 15 is 0 Å². The number of rotatable bonds is 7. The number of para-hydroxylation sites is 4. The zero-order chi connectivity index (χ0) is 45.5. The third kappa shape index (κ3) is 6.25. The maximum Gasteiger partial charge on any atom is 0.179 e. The number of nitrogens with zero attached hydrogens (tertiary/aromatic N) is 1. The van der Waals surface area contributed by atoms with Crippen LogP contribution in [0.2, 0.25) is 0 Å². The smallest absolute Gasteiger partial charge is 0.179 e. The van der Waals surface area contributed by atoms with E-state index in [1.807, 2.05) is 0 Å². The molecule has 2 nitrogen and oxygen atoms in total. The van der Waals surface area contributed by atoms with Gasteiger partial charge in [0.25, 0.3) is 0 Å². The Kier molecular flexibility index (Phi) is 8.95. The molecule has 0 unspecified atom stereocenters. The summed E-state index contributed by atoms with van der Waals surface area (Å²) in [6, 6.07) is 97.3. The van der Waals surface area contributed by atoms with E-state index < -0.39 is 8.07 Å². The molecule has 0 aliphatic rings. The van der Waals surface area contributed by atoms with Crippen LogP contribution in [0.25, 0.3) is 104 Å². The van der Waals surface area contributed by atoms with Crippen LogP contribution >= 0.6 is 0 Å². The van der Waals surface area contributed by atoms with E-state index in [1.54, 1.807) is 0 Å². The highest BCUT2D eigenvalue weighted by molar-refractivity contribution is 7.20. The maximum absolute atomic E-state index is 6.87. The first-order valence-corrected chi connectivity index (χ1v) is 25.8. The van der Waals surface area contributed by atoms with Crippen LogP contribution in [-0.4, -0.2) is 12.6 Å². The van der Waals surface area contributed by atoms with Crippen molar-refractivity contribution >= 4 is 105 Å². The van der Waals surface area contributed by atoms with E-state index in [1.165, 1.54) is 74.9 Å². The Bertz CT molecular complexity index is 4100. The summed E-state index contributed by atoms with van der Waals surface area (Å²) >= 11 is 0. The third-order valence-corrected chi connectivity index (χ3v) is 19.3. The van der Waals surface area contributed by atoms with Crippen LogP contribution in [0.5, 0.6) is 0 Å². The lowest BCUT2D eigenvalue weighted by Crippen LogP contribution is -2.74. The zero-order valence-corrected chi connectivity index (χ0v) is 38.7. The van der Waals surface area contributed by atoms with Crippen molar-refractivity contribution in [2.24, 2.45) is 0 Å². The summed E-state index contributed by atoms with van der Waals surface area (Å²) in [6.07, 6.45) is 0. The Balaban J connectivity index is 1.12. The van der Waals surface area contributed by atoms with Gasteiger partial charge < -0.3 is 8.98 Å². The van der Waals surface area contributed by atoms with E-state index in [4.69, 9.17) is 4.42 Å². The lowest BCUT2D eigenvalue weighted by atomic mass is 9.97. The zero-order valence-electron chi connectivity index (χ0n) is 37.7. The summed E-state index contributed by atoms with van der Waals surface area (Å²) in [5, 5.41) is 17.4. The Labute approximate surface area is 400 Å². The average Bonchev–Trinajstić information content (AvgIpc) is 3.97. The molecule has 3 heteroatoms. The Hall–Kier alpha value is -8.76. The van der Waals surface area contributed by atoms with Crippen molar-refractivity contribution in [2.45, 2.75) is 0 Å². The topological polar surface area (TPSA) is 18.1 Å². The fourth-order valence-electron chi connectivity index (χ4n) is 11.4. The third-order valence-electron chi connectivity index (χ3n) is 14.6. The molecule has 0 fully saturated rings. The van der Waals surface area contributed by atoms with Gasteiger partial charge in [0.15, 0.2) is 8.07 Å². The highest BCUT2D eigenvalue weighted by Gasteiger charge is 2.43. The van der Waals surface area contributed by atoms with E-state index in [2.05, 4.69) is 265 Å². The Morgan fingerprint density at radius 2 is 0.768 bits per heavy atom. The van der Waals surface area contributed by atoms with Gasteiger partial charge in [0.05, 0.1) is 11.0 Å². The first-order chi connectivity index (χ1) is 34.2. The molecule has 0 aliphatic heterocycles. The SMILES string of the molecule is c1cc(-c2cc(-c3cccc4c3oc3ccccc34)cc([Si](c3ccc4ccccc4c3)(c3ccc4ccccc4c3)c3ccc4ccccc4c3)c2)cc(-n2c3ccccc3c3ccccc32)c1. The highest BCUT2D eigenvalue weighted by Crippen LogP contribution is 2.39. The Morgan fingerprint density at radius 1 is 0.290 bits per heavy atom. The van der Waals surface area contributed by atoms with Gasteiger partial charge in [-0.1, -0.05) is 224 Å². The second-order valence-corrected chi connectivity index (χ2v) is 22.2. The van der Waals surface area contributed by atoms with Gasteiger partial charge in [0, 0.05) is 32.8 Å². The molecule has 0 saturated carbocycles. The van der Waals surface area contributed by atoms with Gasteiger partial charge in [0.2, 0.25) is 0 Å². The normalized spacial score (nSPS) is 12.1. The Morgan fingerprint density at radius 3 is 1.36 bits per heavy atom. The number of benzene rings is 12. The minimum absolute atomic E-state index is 0.891. The van der Waals surface area contributed by atoms with Gasteiger partial charge in [-0.2, -0.15) is 0 Å². The summed E-state index contributed by atoms with van der Waals surface area (Å²) in [7, 11) is -3.25. The fourth-order valence-corrected chi connectivity index (χ4v) is 16.3. The first kappa shape index (κ1) is 39.4. The van der Waals surface area contributed by atoms with Gasteiger partial charge >= 0.3 is 0 Å². The minimum atomic E-state index is -3.25. The summed E-state index contributed by atoms with van der Waals surface area (Å²) in [6.45, 7) is 0. The van der Waals surface area contributed by atoms with E-state index in [0.29, 0.717) is 0 Å². The lowest BCUT2D eigenvalue weighted by molar-refractivity contribution is 0.670. The van der Waals surface area contributed by atoms with Gasteiger partial charge in [-0.3, -0.25) is 0 Å². The molecule has 0 atom stereocenters. The monoisotopic (exact) mass is 893 g/mol. The van der Waals surface area contributed by atoms with Gasteiger partial charge in [0.1, 0.15) is 11.2 Å². The van der Waals surface area contributed by atoms with Crippen LogP contribution in [0.1, 0.15) is 0 Å². The molecule has 14 rings (SSSR count). The molecule has 2 aromatic heterocycles. The van der Waals surface area contributed by atoms with E-state index in [9.17, 15) is 0 Å². The molecule has 0 radical (unpaired) electrons. The molecule has 0 amide bonds. The van der Waals surface area contributed by atoms with Crippen molar-refractivity contribution in [3.8, 4) is 27.9 Å². The quantitative estimate of drug-likeness (QED) is 0.115. The molecular formula is C66H43NOSi. The second-order valence-electron chi connectivity index (χ2n) is 18.4. The second kappa shape index (κ2) is 15.7. The predicted molar refractivity (Wildman–Crippen MR) is 295 cm³/mol. The molecule has 322 valence electrons. The summed E-state index contributed by atoms with van der Waals surface area (Å²) in [5.41, 5.74) is 9.79. The van der Waals surface area contributed by atoms with Crippen LogP contribution in [-0.2, 0) is 0 Å². The molecule has 14 aromatic rings. The standard InChI is InChI=1S/C66H43NOSi/c1-4-18-48-39-54(34-31-44(48)15-1)69(55-35-32-45-16-2-5-19-49(45)40-55,56-36-33-46-17-3-6-20-50(46)41-56)57-42-51(37-52(43-57)58-26-14-27-62-61-25-9-12-30-65(61)68-66(58)62)47-21-13-22-53(38-47)67-63-28-10-7-23-59(63)60-24-8-11-29-64(60)67/h1-43H. The number of aromatic nitrogens is 1. The van der Waals surface area contributed by atoms with Crippen LogP contribution in [0, 0.1) is 0 Å². The van der Waals surface area contributed by atoms with Gasteiger partial charge in [-0.15, -0.1) is 0 Å². The summed E-state index contributed by atoms with van der Waals surface area (Å²) in [5.74, 6) is 0. The van der Waals surface area contributed by atoms with Crippen molar-refractivity contribution in [3.05, 3.63) is 261 Å². The van der Waals surface area contributed by atoms with Crippen molar-refractivity contribution in [2.75, 3.05) is 0 Å². The van der Waals surface area contributed by atoms with Crippen LogP contribution in [0.15, 0.2) is 265 Å². The number of hydrogen-bond acceptors (Lipinski definition) is 1. The van der Waals surface area contributed by atoms with Crippen molar-refractivity contribution in [1.82, 2.24) is 4.57 Å². The lowest BCUT2D eigenvalue weighted by Gasteiger charge is -2.36. The van der Waals surface area contributed by atoms with Crippen LogP contribution < -0.4 is 20.7 Å². The van der Waals surface area contributed by atoms with E-state index in [-0.39, 0.29) is 0 Å². The number of fused-ring (bicyclic) bond motifs is 9. The molecule has 0 saturated heterocycles. The average molecular weight is 894 g/mol.